The molecule has 0 unspecified atom stereocenters. The monoisotopic (exact) mass is 2580 g/mol. The fourth-order valence-corrected chi connectivity index (χ4v) is 33.3. The number of halogens is 18. The van der Waals surface area contributed by atoms with Gasteiger partial charge in [0.25, 0.3) is 33.6 Å². The highest BCUT2D eigenvalue weighted by atomic mass is 35.9. The van der Waals surface area contributed by atoms with Crippen molar-refractivity contribution in [3.63, 3.8) is 0 Å². The van der Waals surface area contributed by atoms with E-state index in [1.807, 2.05) is 42.2 Å². The first-order valence-electron chi connectivity index (χ1n) is 44.9. The standard InChI is InChI=1S/C18H32N2O7Si.C16H32N2O7Si2.C10H19Cl9N2OSi3.C10H19Cl3N2OSi.C10H18N2O7Si.C7H14Cl6N2OSi2.3CO2/c1-4-20(17-11-7-5-8-12-17)18(21)19-13-9-6-10-14-24-27-28(25-15-22-2)26-16-23-3;1-13(19)21-27(15(2)22-23-15,16(3)24-25-16)12-8-10-18-14(20)17-9-7-11-26(4,5)6;11-23(12,13)7-1-4-20-10(22)21(5-2-8-24(14,15)16)6-3-9-25(17,18)19;11-17(12,13)9-5-6-14-10(16)15-7-3-1-2-4-8-15;1-7(13)15-20(9(2)16-17-9,10(3)18-19-10)6-4-5-12-8(11)14;8-17(9,10)5-1-3-14-7(16)15-4-2-6-18(11,12)13;3*2-1-3/h5,7-8,11-12,28H,4,6,9-10,13-16H2,1-3H3,(H,19,21);7-12H2,1-6H3,(H2,17,18,20);1-9H2,(H,20,22);1-9H2,(H,14,16);4-6H2,1-3H3,(H3,11,12,14);1-6H2,(H2,14,15,16);;;. The Morgan fingerprint density at radius 2 is 0.722 bits per heavy atom. The van der Waals surface area contributed by atoms with Crippen LogP contribution in [-0.4, -0.2) is 288 Å². The van der Waals surface area contributed by atoms with Crippen LogP contribution in [-0.2, 0) is 114 Å². The first-order valence-corrected chi connectivity index (χ1v) is 85.7. The second-order valence-electron chi connectivity index (χ2n) is 33.0. The van der Waals surface area contributed by atoms with E-state index in [0.29, 0.717) is 172 Å². The zero-order chi connectivity index (χ0) is 111. The molecule has 5 saturated heterocycles. The lowest BCUT2D eigenvalue weighted by molar-refractivity contribution is -0.249. The molecular weight excluding hydrogens is 2460 g/mol. The van der Waals surface area contributed by atoms with Crippen LogP contribution in [0.2, 0.25) is 74.0 Å². The first-order chi connectivity index (χ1) is 66.9. The summed E-state index contributed by atoms with van der Waals surface area (Å²) in [5.41, 5.74) is 1.83. The Hall–Kier alpha value is -1.25. The van der Waals surface area contributed by atoms with Crippen LogP contribution < -0.4 is 53.2 Å². The molecule has 1 aromatic carbocycles. The molecule has 0 aromatic heterocycles. The molecule has 0 saturated carbocycles. The number of anilines is 1. The first kappa shape index (κ1) is 147. The van der Waals surface area contributed by atoms with Gasteiger partial charge in [0.1, 0.15) is 13.6 Å². The van der Waals surface area contributed by atoms with E-state index < -0.39 is 110 Å². The topological polar surface area (TPSA) is 545 Å². The van der Waals surface area contributed by atoms with Crippen molar-refractivity contribution in [3.05, 3.63) is 30.3 Å². The number of methoxy groups -OCH3 is 2. The average Bonchev–Trinajstić information content (AvgIpc) is 1.54. The maximum Gasteiger partial charge on any atom is 0.517 e. The van der Waals surface area contributed by atoms with Crippen molar-refractivity contribution in [2.24, 2.45) is 5.73 Å². The van der Waals surface area contributed by atoms with E-state index in [1.165, 1.54) is 47.0 Å². The van der Waals surface area contributed by atoms with Gasteiger partial charge in [0.05, 0.1) is 6.61 Å². The second kappa shape index (κ2) is 78.8. The van der Waals surface area contributed by atoms with E-state index in [-0.39, 0.29) is 62.2 Å². The molecule has 836 valence electrons. The number of urea groups is 6. The molecule has 42 nitrogen and oxygen atoms in total. The molecule has 10 N–H and O–H groups in total. The third-order valence-electron chi connectivity index (χ3n) is 19.5. The number of carbonyl (C=O) groups excluding carboxylic acids is 14. The highest BCUT2D eigenvalue weighted by Gasteiger charge is 2.84. The Morgan fingerprint density at radius 3 is 1.03 bits per heavy atom. The Kier molecular flexibility index (Phi) is 80.4. The summed E-state index contributed by atoms with van der Waals surface area (Å²) in [5, 5.41) is 22.1. The van der Waals surface area contributed by atoms with Gasteiger partial charge in [-0.05, 0) is 185 Å². The summed E-state index contributed by atoms with van der Waals surface area (Å²) < 4.78 is 36.5. The molecular formula is C74H134Cl18N12O30Si10. The van der Waals surface area contributed by atoms with Crippen LogP contribution in [0.3, 0.4) is 0 Å². The van der Waals surface area contributed by atoms with Gasteiger partial charge in [-0.25, -0.2) is 38.2 Å². The van der Waals surface area contributed by atoms with Gasteiger partial charge in [-0.1, -0.05) is 56.7 Å². The van der Waals surface area contributed by atoms with Gasteiger partial charge in [0, 0.05) is 127 Å². The Labute approximate surface area is 935 Å². The van der Waals surface area contributed by atoms with Gasteiger partial charge < -0.3 is 85.2 Å². The lowest BCUT2D eigenvalue weighted by Gasteiger charge is -2.31. The number of primary amides is 1. The van der Waals surface area contributed by atoms with Crippen molar-refractivity contribution < 1.29 is 143 Å². The normalized spacial score (nSPS) is 15.0. The summed E-state index contributed by atoms with van der Waals surface area (Å²) in [5.74, 6) is -0.893. The summed E-state index contributed by atoms with van der Waals surface area (Å²) >= 11 is 104. The molecule has 70 heteroatoms. The lowest BCUT2D eigenvalue weighted by atomic mass is 10.2. The van der Waals surface area contributed by atoms with Crippen LogP contribution in [0.4, 0.5) is 34.5 Å². The van der Waals surface area contributed by atoms with Gasteiger partial charge in [-0.2, -0.15) is 67.9 Å². The second-order valence-corrected chi connectivity index (χ2v) is 104. The van der Waals surface area contributed by atoms with Crippen LogP contribution in [0.25, 0.3) is 0 Å². The zero-order valence-corrected chi connectivity index (χ0v) is 106. The largest absolute Gasteiger partial charge is 0.517 e. The summed E-state index contributed by atoms with van der Waals surface area (Å²) in [7, 11) is -6.58. The van der Waals surface area contributed by atoms with Gasteiger partial charge in [0.15, 0.2) is 0 Å². The minimum absolute atomic E-state index is 0.0258. The SMILES string of the molecule is CC(=O)O[Si](CCCNC(=O)NCCC[Si](C)(C)C)(C1(C)OO1)C1(C)OO1.CC(=O)O[Si](CCCNC(N)=O)(C1(C)OO1)C1(C)OO1.CCN(C(=O)NCCCCCOO[SiH](OCOC)OCOC)c1ccccc1.O=C(NCCC[Si](Cl)(Cl)Cl)N(CCC[Si](Cl)(Cl)Cl)CCC[Si](Cl)(Cl)Cl.O=C(NCCC[Si](Cl)(Cl)Cl)N1CCCCCC1.O=C(NCCC[Si](Cl)(Cl)Cl)NCCC[Si](Cl)(Cl)Cl.O=C=O.O=C=O.O=C=O. The summed E-state index contributed by atoms with van der Waals surface area (Å²) in [4.78, 5) is 193. The van der Waals surface area contributed by atoms with Gasteiger partial charge in [0.2, 0.25) is 0 Å². The maximum absolute atomic E-state index is 12.3. The third kappa shape index (κ3) is 77.2. The van der Waals surface area contributed by atoms with Crippen LogP contribution in [0, 0.1) is 0 Å². The number of unbranched alkanes of at least 4 members (excludes halogenated alkanes) is 2. The van der Waals surface area contributed by atoms with E-state index in [1.54, 1.807) is 37.5 Å². The third-order valence-corrected chi connectivity index (χ3v) is 48.1. The van der Waals surface area contributed by atoms with Gasteiger partial charge in [-0.15, -0.1) is 199 Å². The number of benzene rings is 1. The average molecular weight is 2590 g/mol. The smallest absolute Gasteiger partial charge is 0.507 e. The minimum Gasteiger partial charge on any atom is -0.507 e. The van der Waals surface area contributed by atoms with Crippen LogP contribution in [0.1, 0.15) is 151 Å². The van der Waals surface area contributed by atoms with Crippen molar-refractivity contribution in [3.8, 4) is 0 Å². The Morgan fingerprint density at radius 1 is 0.417 bits per heavy atom. The van der Waals surface area contributed by atoms with E-state index in [2.05, 4.69) is 62.2 Å². The van der Waals surface area contributed by atoms with E-state index in [9.17, 15) is 38.4 Å². The van der Waals surface area contributed by atoms with Crippen molar-refractivity contribution in [1.82, 2.24) is 52.3 Å². The number of rotatable bonds is 58. The molecule has 144 heavy (non-hydrogen) atoms. The number of nitrogens with zero attached hydrogens (tertiary/aromatic N) is 3. The Balaban J connectivity index is -0.00000164. The number of hydrogen-bond acceptors (Lipinski definition) is 30. The van der Waals surface area contributed by atoms with Crippen LogP contribution in [0.15, 0.2) is 30.3 Å². The number of hydrogen-bond donors (Lipinski definition) is 9. The molecule has 0 atom stereocenters. The minimum atomic E-state index is -3.07. The van der Waals surface area contributed by atoms with Crippen molar-refractivity contribution >= 4 is 342 Å². The number of nitrogens with one attached hydrogen (secondary N) is 8. The molecule has 0 aliphatic carbocycles. The highest BCUT2D eigenvalue weighted by Crippen LogP contribution is 2.56. The molecule has 5 aliphatic rings. The number of ether oxygens (including phenoxy) is 2. The van der Waals surface area contributed by atoms with E-state index in [4.69, 9.17) is 310 Å². The van der Waals surface area contributed by atoms with Crippen LogP contribution >= 0.6 is 199 Å². The molecule has 0 bridgehead atoms. The zero-order valence-electron chi connectivity index (χ0n) is 81.9. The molecule has 5 fully saturated rings. The number of para-hydroxylation sites is 1. The van der Waals surface area contributed by atoms with Gasteiger partial charge >= 0.3 is 117 Å². The molecule has 5 aliphatic heterocycles. The fourth-order valence-electron chi connectivity index (χ4n) is 12.5. The molecule has 1 aromatic rings. The number of likely N-dealkylation sites (tertiary alicyclic amines) is 1. The van der Waals surface area contributed by atoms with E-state index >= 15 is 0 Å². The fraction of sp³-hybridized carbons (Fsp3) is 0.770. The number of carbonyl (C=O) groups is 8. The summed E-state index contributed by atoms with van der Waals surface area (Å²) in [6.45, 7) is 26.2. The number of nitrogens with two attached hydrogens (primary N) is 1. The molecule has 0 radical (unpaired) electrons. The van der Waals surface area contributed by atoms with Crippen molar-refractivity contribution in [2.75, 3.05) is 124 Å². The van der Waals surface area contributed by atoms with Crippen molar-refractivity contribution in [1.29, 1.82) is 0 Å². The van der Waals surface area contributed by atoms with Gasteiger partial charge in [-0.3, -0.25) is 14.5 Å². The predicted molar refractivity (Wildman–Crippen MR) is 576 cm³/mol. The van der Waals surface area contributed by atoms with Crippen LogP contribution in [0.5, 0.6) is 0 Å². The summed E-state index contributed by atoms with van der Waals surface area (Å²) in [6.07, 6.45) is 13.9. The quantitative estimate of drug-likeness (QED) is 0.00556. The molecule has 12 amide bonds. The Bertz CT molecular complexity index is 3760. The molecule has 5 heterocycles. The highest BCUT2D eigenvalue weighted by molar-refractivity contribution is 7.67. The lowest BCUT2D eigenvalue weighted by Crippen LogP contribution is -2.63. The van der Waals surface area contributed by atoms with Crippen molar-refractivity contribution in [2.45, 2.75) is 247 Å². The number of amides is 12. The predicted octanol–water partition coefficient (Wildman–Crippen LogP) is 18.0. The molecule has 0 spiro atoms. The maximum atomic E-state index is 12.3. The summed E-state index contributed by atoms with van der Waals surface area (Å²) in [6, 6.07) is -2.35. The van der Waals surface area contributed by atoms with E-state index in [0.717, 1.165) is 63.7 Å². The molecule has 6 rings (SSSR count).